The maximum absolute atomic E-state index is 11.4. The summed E-state index contributed by atoms with van der Waals surface area (Å²) in [6.07, 6.45) is -0.159. The number of hydrogen-bond donors (Lipinski definition) is 2. The molecule has 0 atom stereocenters. The van der Waals surface area contributed by atoms with Crippen molar-refractivity contribution < 1.29 is 4.79 Å². The van der Waals surface area contributed by atoms with Gasteiger partial charge in [-0.05, 0) is 19.1 Å². The van der Waals surface area contributed by atoms with Crippen LogP contribution in [0.25, 0.3) is 11.3 Å². The van der Waals surface area contributed by atoms with Crippen molar-refractivity contribution in [3.05, 3.63) is 36.0 Å². The van der Waals surface area contributed by atoms with Gasteiger partial charge in [0, 0.05) is 11.3 Å². The van der Waals surface area contributed by atoms with Crippen molar-refractivity contribution in [3.63, 3.8) is 0 Å². The molecular weight excluding hydrogens is 228 g/mol. The molecule has 2 rings (SSSR count). The average molecular weight is 240 g/mol. The Bertz CT molecular complexity index is 609. The standard InChI is InChI=1S/C13H12N4O/c1-9-8-12(17-16-9)10-4-2-3-5-11(10)15-13(18)6-7-14/h2-5,8H,6H2,1H3,(H,15,18)(H,16,17). The Labute approximate surface area is 104 Å². The first kappa shape index (κ1) is 11.9. The van der Waals surface area contributed by atoms with Crippen molar-refractivity contribution in [2.75, 3.05) is 5.32 Å². The number of para-hydroxylation sites is 1. The molecule has 5 nitrogen and oxygen atoms in total. The number of nitrogens with zero attached hydrogens (tertiary/aromatic N) is 2. The lowest BCUT2D eigenvalue weighted by Crippen LogP contribution is -2.10. The van der Waals surface area contributed by atoms with Gasteiger partial charge in [0.05, 0.1) is 17.5 Å². The zero-order valence-corrected chi connectivity index (χ0v) is 9.90. The predicted molar refractivity (Wildman–Crippen MR) is 67.6 cm³/mol. The second kappa shape index (κ2) is 5.15. The Morgan fingerprint density at radius 1 is 1.50 bits per heavy atom. The second-order valence-corrected chi connectivity index (χ2v) is 3.86. The van der Waals surface area contributed by atoms with E-state index in [4.69, 9.17) is 5.26 Å². The third-order valence-electron chi connectivity index (χ3n) is 2.42. The average Bonchev–Trinajstić information content (AvgIpc) is 2.77. The number of H-pyrrole nitrogens is 1. The second-order valence-electron chi connectivity index (χ2n) is 3.86. The highest BCUT2D eigenvalue weighted by Gasteiger charge is 2.09. The van der Waals surface area contributed by atoms with E-state index < -0.39 is 0 Å². The van der Waals surface area contributed by atoms with Crippen LogP contribution in [0.1, 0.15) is 12.1 Å². The maximum Gasteiger partial charge on any atom is 0.238 e. The Morgan fingerprint density at radius 3 is 2.94 bits per heavy atom. The first-order valence-corrected chi connectivity index (χ1v) is 5.49. The van der Waals surface area contributed by atoms with Gasteiger partial charge in [-0.15, -0.1) is 0 Å². The summed E-state index contributed by atoms with van der Waals surface area (Å²) in [5.41, 5.74) is 3.20. The summed E-state index contributed by atoms with van der Waals surface area (Å²) in [6.45, 7) is 1.91. The van der Waals surface area contributed by atoms with Crippen molar-refractivity contribution in [3.8, 4) is 17.3 Å². The molecular formula is C13H12N4O. The minimum Gasteiger partial charge on any atom is -0.325 e. The molecule has 0 unspecified atom stereocenters. The summed E-state index contributed by atoms with van der Waals surface area (Å²) in [4.78, 5) is 11.4. The number of amides is 1. The third-order valence-corrected chi connectivity index (χ3v) is 2.42. The Morgan fingerprint density at radius 2 is 2.28 bits per heavy atom. The van der Waals surface area contributed by atoms with Gasteiger partial charge in [0.15, 0.2) is 0 Å². The van der Waals surface area contributed by atoms with E-state index in [9.17, 15) is 4.79 Å². The van der Waals surface area contributed by atoms with Crippen LogP contribution >= 0.6 is 0 Å². The van der Waals surface area contributed by atoms with Gasteiger partial charge in [-0.1, -0.05) is 18.2 Å². The SMILES string of the molecule is Cc1cc(-c2ccccc2NC(=O)CC#N)n[nH]1. The van der Waals surface area contributed by atoms with E-state index in [1.807, 2.05) is 37.3 Å². The van der Waals surface area contributed by atoms with Gasteiger partial charge >= 0.3 is 0 Å². The molecule has 2 N–H and O–H groups in total. The Balaban J connectivity index is 2.32. The van der Waals surface area contributed by atoms with Gasteiger partial charge in [-0.3, -0.25) is 9.89 Å². The highest BCUT2D eigenvalue weighted by atomic mass is 16.1. The summed E-state index contributed by atoms with van der Waals surface area (Å²) in [7, 11) is 0. The van der Waals surface area contributed by atoms with Crippen LogP contribution in [0.5, 0.6) is 0 Å². The number of carbonyl (C=O) groups is 1. The van der Waals surface area contributed by atoms with Crippen LogP contribution in [-0.2, 0) is 4.79 Å². The smallest absolute Gasteiger partial charge is 0.238 e. The number of nitrogens with one attached hydrogen (secondary N) is 2. The zero-order chi connectivity index (χ0) is 13.0. The number of benzene rings is 1. The molecule has 0 fully saturated rings. The molecule has 1 aromatic carbocycles. The van der Waals surface area contributed by atoms with Crippen LogP contribution in [0.2, 0.25) is 0 Å². The molecule has 1 amide bonds. The van der Waals surface area contributed by atoms with Crippen molar-refractivity contribution >= 4 is 11.6 Å². The molecule has 0 spiro atoms. The number of nitriles is 1. The largest absolute Gasteiger partial charge is 0.325 e. The fraction of sp³-hybridized carbons (Fsp3) is 0.154. The summed E-state index contributed by atoms with van der Waals surface area (Å²) in [5.74, 6) is -0.322. The number of aromatic nitrogens is 2. The number of aromatic amines is 1. The molecule has 0 saturated carbocycles. The van der Waals surface area contributed by atoms with Crippen LogP contribution in [0, 0.1) is 18.3 Å². The Kier molecular flexibility index (Phi) is 3.39. The topological polar surface area (TPSA) is 81.6 Å². The normalized spacial score (nSPS) is 9.78. The van der Waals surface area contributed by atoms with Gasteiger partial charge < -0.3 is 5.32 Å². The van der Waals surface area contributed by atoms with Gasteiger partial charge in [-0.25, -0.2) is 0 Å². The monoisotopic (exact) mass is 240 g/mol. The Hall–Kier alpha value is -2.61. The molecule has 18 heavy (non-hydrogen) atoms. The highest BCUT2D eigenvalue weighted by molar-refractivity contribution is 5.96. The fourth-order valence-corrected chi connectivity index (χ4v) is 1.64. The van der Waals surface area contributed by atoms with Crippen molar-refractivity contribution in [1.82, 2.24) is 10.2 Å². The zero-order valence-electron chi connectivity index (χ0n) is 9.90. The predicted octanol–water partition coefficient (Wildman–Crippen LogP) is 2.24. The minimum absolute atomic E-state index is 0.159. The van der Waals surface area contributed by atoms with E-state index in [0.29, 0.717) is 5.69 Å². The molecule has 90 valence electrons. The molecule has 5 heteroatoms. The summed E-state index contributed by atoms with van der Waals surface area (Å²) in [6, 6.07) is 11.1. The first-order chi connectivity index (χ1) is 8.70. The van der Waals surface area contributed by atoms with Crippen LogP contribution in [0.15, 0.2) is 30.3 Å². The van der Waals surface area contributed by atoms with Crippen molar-refractivity contribution in [2.45, 2.75) is 13.3 Å². The van der Waals surface area contributed by atoms with E-state index in [2.05, 4.69) is 15.5 Å². The number of carbonyl (C=O) groups excluding carboxylic acids is 1. The summed E-state index contributed by atoms with van der Waals surface area (Å²) >= 11 is 0. The lowest BCUT2D eigenvalue weighted by Gasteiger charge is -2.07. The summed E-state index contributed by atoms with van der Waals surface area (Å²) < 4.78 is 0. The van der Waals surface area contributed by atoms with E-state index in [-0.39, 0.29) is 12.3 Å². The van der Waals surface area contributed by atoms with Gasteiger partial charge in [0.1, 0.15) is 6.42 Å². The van der Waals surface area contributed by atoms with Crippen LogP contribution in [0.4, 0.5) is 5.69 Å². The fourth-order valence-electron chi connectivity index (χ4n) is 1.64. The maximum atomic E-state index is 11.4. The van der Waals surface area contributed by atoms with E-state index in [1.54, 1.807) is 6.07 Å². The molecule has 0 bridgehead atoms. The molecule has 0 aliphatic rings. The number of hydrogen-bond acceptors (Lipinski definition) is 3. The third kappa shape index (κ3) is 2.55. The lowest BCUT2D eigenvalue weighted by molar-refractivity contribution is -0.115. The van der Waals surface area contributed by atoms with Gasteiger partial charge in [0.25, 0.3) is 0 Å². The van der Waals surface area contributed by atoms with Crippen LogP contribution in [-0.4, -0.2) is 16.1 Å². The highest BCUT2D eigenvalue weighted by Crippen LogP contribution is 2.26. The molecule has 1 aromatic heterocycles. The van der Waals surface area contributed by atoms with Crippen LogP contribution in [0.3, 0.4) is 0 Å². The quantitative estimate of drug-likeness (QED) is 0.863. The molecule has 0 aliphatic heterocycles. The van der Waals surface area contributed by atoms with Gasteiger partial charge in [0.2, 0.25) is 5.91 Å². The van der Waals surface area contributed by atoms with E-state index in [0.717, 1.165) is 17.0 Å². The van der Waals surface area contributed by atoms with Crippen LogP contribution < -0.4 is 5.32 Å². The molecule has 0 aliphatic carbocycles. The van der Waals surface area contributed by atoms with E-state index >= 15 is 0 Å². The van der Waals surface area contributed by atoms with Crippen molar-refractivity contribution in [2.24, 2.45) is 0 Å². The molecule has 0 saturated heterocycles. The number of anilines is 1. The number of rotatable bonds is 3. The molecule has 1 heterocycles. The van der Waals surface area contributed by atoms with Gasteiger partial charge in [-0.2, -0.15) is 10.4 Å². The van der Waals surface area contributed by atoms with E-state index in [1.165, 1.54) is 0 Å². The molecule has 0 radical (unpaired) electrons. The lowest BCUT2D eigenvalue weighted by atomic mass is 10.1. The molecule has 2 aromatic rings. The first-order valence-electron chi connectivity index (χ1n) is 5.49. The number of aryl methyl sites for hydroxylation is 1. The van der Waals surface area contributed by atoms with Crippen molar-refractivity contribution in [1.29, 1.82) is 5.26 Å². The minimum atomic E-state index is -0.322. The summed E-state index contributed by atoms with van der Waals surface area (Å²) in [5, 5.41) is 18.2.